The van der Waals surface area contributed by atoms with Crippen molar-refractivity contribution in [3.63, 3.8) is 0 Å². The third-order valence-electron chi connectivity index (χ3n) is 9.85. The molecule has 0 spiro atoms. The van der Waals surface area contributed by atoms with Gasteiger partial charge in [-0.3, -0.25) is 0 Å². The van der Waals surface area contributed by atoms with Crippen LogP contribution in [0, 0.1) is 40.4 Å². The SMILES string of the molecule is CCCCC(C)C1CCC2C3CC=C4C[C@@H](O)CC[C@]4(C)C3CC[C@]12C. The molecule has 0 amide bonds. The minimum absolute atomic E-state index is 0.0741. The summed E-state index contributed by atoms with van der Waals surface area (Å²) in [5.74, 6) is 4.64. The Morgan fingerprint density at radius 1 is 1.12 bits per heavy atom. The summed E-state index contributed by atoms with van der Waals surface area (Å²) in [7, 11) is 0. The third kappa shape index (κ3) is 2.83. The van der Waals surface area contributed by atoms with E-state index in [0.29, 0.717) is 10.8 Å². The van der Waals surface area contributed by atoms with Gasteiger partial charge in [0.05, 0.1) is 6.10 Å². The summed E-state index contributed by atoms with van der Waals surface area (Å²) in [6.45, 7) is 10.1. The van der Waals surface area contributed by atoms with Crippen molar-refractivity contribution in [2.24, 2.45) is 40.4 Å². The molecule has 3 saturated carbocycles. The summed E-state index contributed by atoms with van der Waals surface area (Å²) in [6, 6.07) is 0. The lowest BCUT2D eigenvalue weighted by Gasteiger charge is -2.58. The Balaban J connectivity index is 1.56. The lowest BCUT2D eigenvalue weighted by Crippen LogP contribution is -2.50. The predicted octanol–water partition coefficient (Wildman–Crippen LogP) is 6.75. The van der Waals surface area contributed by atoms with E-state index in [9.17, 15) is 5.11 Å². The van der Waals surface area contributed by atoms with Gasteiger partial charge in [0.15, 0.2) is 0 Å². The second-order valence-corrected chi connectivity index (χ2v) is 11.0. The molecule has 1 N–H and O–H groups in total. The molecular weight excluding hydrogens is 316 g/mol. The van der Waals surface area contributed by atoms with E-state index in [0.717, 1.165) is 42.4 Å². The standard InChI is InChI=1S/C25H42O/c1-5-6-7-17(2)21-10-11-22-20-9-8-18-16-19(26)12-14-24(18,3)23(20)13-15-25(21,22)4/h8,17,19-23,26H,5-7,9-16H2,1-4H3/t17?,19-,20?,21?,22?,23?,24-,25+/m0/s1. The molecule has 1 nitrogen and oxygen atoms in total. The van der Waals surface area contributed by atoms with Gasteiger partial charge in [0.2, 0.25) is 0 Å². The van der Waals surface area contributed by atoms with Crippen LogP contribution >= 0.6 is 0 Å². The van der Waals surface area contributed by atoms with Crippen molar-refractivity contribution in [1.82, 2.24) is 0 Å². The molecule has 0 aromatic carbocycles. The predicted molar refractivity (Wildman–Crippen MR) is 110 cm³/mol. The van der Waals surface area contributed by atoms with Crippen LogP contribution in [0.1, 0.15) is 98.3 Å². The molecule has 3 fully saturated rings. The van der Waals surface area contributed by atoms with Gasteiger partial charge in [0.25, 0.3) is 0 Å². The minimum Gasteiger partial charge on any atom is -0.393 e. The fourth-order valence-corrected chi connectivity index (χ4v) is 8.34. The van der Waals surface area contributed by atoms with Gasteiger partial charge < -0.3 is 5.11 Å². The van der Waals surface area contributed by atoms with E-state index >= 15 is 0 Å². The smallest absolute Gasteiger partial charge is 0.0577 e. The Morgan fingerprint density at radius 2 is 1.92 bits per heavy atom. The number of unbranched alkanes of at least 4 members (excludes halogenated alkanes) is 1. The molecular formula is C25H42O. The molecule has 0 aromatic rings. The van der Waals surface area contributed by atoms with Crippen LogP contribution in [-0.2, 0) is 0 Å². The van der Waals surface area contributed by atoms with E-state index < -0.39 is 0 Å². The highest BCUT2D eigenvalue weighted by Gasteiger charge is 2.58. The first-order valence-corrected chi connectivity index (χ1v) is 11.8. The average Bonchev–Trinajstić information content (AvgIpc) is 2.97. The van der Waals surface area contributed by atoms with Crippen molar-refractivity contribution in [1.29, 1.82) is 0 Å². The molecule has 0 saturated heterocycles. The second kappa shape index (κ2) is 6.94. The van der Waals surface area contributed by atoms with Crippen molar-refractivity contribution >= 4 is 0 Å². The first-order valence-electron chi connectivity index (χ1n) is 11.8. The zero-order valence-corrected chi connectivity index (χ0v) is 17.8. The molecule has 8 atom stereocenters. The third-order valence-corrected chi connectivity index (χ3v) is 9.85. The van der Waals surface area contributed by atoms with E-state index in [-0.39, 0.29) is 6.10 Å². The monoisotopic (exact) mass is 358 g/mol. The summed E-state index contributed by atoms with van der Waals surface area (Å²) in [5.41, 5.74) is 2.62. The zero-order chi connectivity index (χ0) is 18.5. The van der Waals surface area contributed by atoms with Gasteiger partial charge in [0.1, 0.15) is 0 Å². The highest BCUT2D eigenvalue weighted by atomic mass is 16.3. The first kappa shape index (κ1) is 19.0. The number of allylic oxidation sites excluding steroid dienone is 1. The van der Waals surface area contributed by atoms with Crippen LogP contribution in [-0.4, -0.2) is 11.2 Å². The maximum absolute atomic E-state index is 10.2. The summed E-state index contributed by atoms with van der Waals surface area (Å²) in [4.78, 5) is 0. The quantitative estimate of drug-likeness (QED) is 0.551. The largest absolute Gasteiger partial charge is 0.393 e. The summed E-state index contributed by atoms with van der Waals surface area (Å²) >= 11 is 0. The highest BCUT2D eigenvalue weighted by molar-refractivity contribution is 5.25. The van der Waals surface area contributed by atoms with E-state index in [2.05, 4.69) is 33.8 Å². The number of fused-ring (bicyclic) bond motifs is 5. The molecule has 5 unspecified atom stereocenters. The maximum Gasteiger partial charge on any atom is 0.0577 e. The van der Waals surface area contributed by atoms with Gasteiger partial charge in [-0.1, -0.05) is 58.6 Å². The van der Waals surface area contributed by atoms with Crippen molar-refractivity contribution < 1.29 is 5.11 Å². The Morgan fingerprint density at radius 3 is 2.69 bits per heavy atom. The number of aliphatic hydroxyl groups excluding tert-OH is 1. The molecule has 0 radical (unpaired) electrons. The topological polar surface area (TPSA) is 20.2 Å². The van der Waals surface area contributed by atoms with E-state index in [4.69, 9.17) is 0 Å². The lowest BCUT2D eigenvalue weighted by molar-refractivity contribution is -0.0572. The number of aliphatic hydroxyl groups is 1. The molecule has 0 bridgehead atoms. The fraction of sp³-hybridized carbons (Fsp3) is 0.920. The van der Waals surface area contributed by atoms with Crippen molar-refractivity contribution in [3.05, 3.63) is 11.6 Å². The first-order chi connectivity index (χ1) is 12.4. The van der Waals surface area contributed by atoms with Crippen LogP contribution in [0.15, 0.2) is 11.6 Å². The molecule has 4 aliphatic carbocycles. The Kier molecular flexibility index (Phi) is 5.08. The van der Waals surface area contributed by atoms with Gasteiger partial charge in [-0.05, 0) is 91.8 Å². The Hall–Kier alpha value is -0.300. The molecule has 0 heterocycles. The molecule has 148 valence electrons. The van der Waals surface area contributed by atoms with Crippen LogP contribution in [0.2, 0.25) is 0 Å². The van der Waals surface area contributed by atoms with Gasteiger partial charge in [-0.15, -0.1) is 0 Å². The molecule has 0 aromatic heterocycles. The number of rotatable bonds is 4. The zero-order valence-electron chi connectivity index (χ0n) is 17.8. The molecule has 26 heavy (non-hydrogen) atoms. The van der Waals surface area contributed by atoms with Gasteiger partial charge in [-0.25, -0.2) is 0 Å². The van der Waals surface area contributed by atoms with Crippen molar-refractivity contribution in [2.45, 2.75) is 104 Å². The van der Waals surface area contributed by atoms with Gasteiger partial charge >= 0.3 is 0 Å². The summed E-state index contributed by atoms with van der Waals surface area (Å²) < 4.78 is 0. The molecule has 4 rings (SSSR count). The number of hydrogen-bond donors (Lipinski definition) is 1. The second-order valence-electron chi connectivity index (χ2n) is 11.0. The van der Waals surface area contributed by atoms with E-state index in [1.807, 2.05) is 0 Å². The lowest BCUT2D eigenvalue weighted by atomic mass is 9.47. The molecule has 4 aliphatic rings. The Bertz CT molecular complexity index is 550. The van der Waals surface area contributed by atoms with E-state index in [1.54, 1.807) is 5.57 Å². The molecule has 1 heteroatoms. The van der Waals surface area contributed by atoms with Crippen LogP contribution in [0.4, 0.5) is 0 Å². The fourth-order valence-electron chi connectivity index (χ4n) is 8.34. The average molecular weight is 359 g/mol. The van der Waals surface area contributed by atoms with Crippen LogP contribution in [0.25, 0.3) is 0 Å². The van der Waals surface area contributed by atoms with E-state index in [1.165, 1.54) is 57.8 Å². The highest BCUT2D eigenvalue weighted by Crippen LogP contribution is 2.67. The maximum atomic E-state index is 10.2. The minimum atomic E-state index is -0.0741. The Labute approximate surface area is 162 Å². The van der Waals surface area contributed by atoms with Gasteiger partial charge in [0, 0.05) is 0 Å². The van der Waals surface area contributed by atoms with Crippen molar-refractivity contribution in [3.8, 4) is 0 Å². The number of hydrogen-bond acceptors (Lipinski definition) is 1. The van der Waals surface area contributed by atoms with Crippen LogP contribution in [0.3, 0.4) is 0 Å². The normalized spacial score (nSPS) is 49.0. The van der Waals surface area contributed by atoms with Crippen molar-refractivity contribution in [2.75, 3.05) is 0 Å². The summed E-state index contributed by atoms with van der Waals surface area (Å²) in [6.07, 6.45) is 17.1. The van der Waals surface area contributed by atoms with Crippen LogP contribution < -0.4 is 0 Å². The molecule has 0 aliphatic heterocycles. The summed E-state index contributed by atoms with van der Waals surface area (Å²) in [5, 5.41) is 10.2. The van der Waals surface area contributed by atoms with Crippen LogP contribution in [0.5, 0.6) is 0 Å². The van der Waals surface area contributed by atoms with Gasteiger partial charge in [-0.2, -0.15) is 0 Å².